The maximum Gasteiger partial charge on any atom is 0.254 e. The van der Waals surface area contributed by atoms with Crippen LogP contribution in [0, 0.1) is 0 Å². The summed E-state index contributed by atoms with van der Waals surface area (Å²) < 4.78 is 27.0. The number of benzene rings is 1. The van der Waals surface area contributed by atoms with Gasteiger partial charge in [-0.25, -0.2) is 8.42 Å². The molecule has 1 atom stereocenters. The van der Waals surface area contributed by atoms with Gasteiger partial charge < -0.3 is 4.90 Å². The van der Waals surface area contributed by atoms with E-state index < -0.39 is 10.0 Å². The van der Waals surface area contributed by atoms with Crippen LogP contribution in [0.15, 0.2) is 23.1 Å². The Morgan fingerprint density at radius 2 is 1.79 bits per heavy atom. The van der Waals surface area contributed by atoms with Gasteiger partial charge in [0.1, 0.15) is 4.90 Å². The van der Waals surface area contributed by atoms with Crippen LogP contribution < -0.4 is 0 Å². The summed E-state index contributed by atoms with van der Waals surface area (Å²) in [5.74, 6) is -0.114. The smallest absolute Gasteiger partial charge is 0.254 e. The maximum absolute atomic E-state index is 12.8. The fourth-order valence-corrected chi connectivity index (χ4v) is 5.48. The number of nitrogens with zero attached hydrogens (tertiary/aromatic N) is 2. The average Bonchev–Trinajstić information content (AvgIpc) is 3.10. The molecule has 0 aromatic heterocycles. The number of piperidine rings is 1. The van der Waals surface area contributed by atoms with Crippen molar-refractivity contribution in [2.75, 3.05) is 19.6 Å². The van der Waals surface area contributed by atoms with Gasteiger partial charge in [-0.3, -0.25) is 4.79 Å². The summed E-state index contributed by atoms with van der Waals surface area (Å²) in [6.45, 7) is 3.78. The Morgan fingerprint density at radius 3 is 2.46 bits per heavy atom. The van der Waals surface area contributed by atoms with E-state index in [0.717, 1.165) is 38.6 Å². The fourth-order valence-electron chi connectivity index (χ4n) is 3.47. The first-order valence-corrected chi connectivity index (χ1v) is 10.3. The predicted octanol–water partition coefficient (Wildman–Crippen LogP) is 3.14. The van der Waals surface area contributed by atoms with E-state index in [4.69, 9.17) is 11.6 Å². The third-order valence-corrected chi connectivity index (χ3v) is 7.31. The van der Waals surface area contributed by atoms with E-state index in [-0.39, 0.29) is 21.9 Å². The zero-order chi connectivity index (χ0) is 17.3. The van der Waals surface area contributed by atoms with Gasteiger partial charge in [0.05, 0.1) is 5.02 Å². The molecule has 132 valence electrons. The highest BCUT2D eigenvalue weighted by molar-refractivity contribution is 7.89. The summed E-state index contributed by atoms with van der Waals surface area (Å²) >= 11 is 6.15. The Kier molecular flexibility index (Phi) is 5.18. The first kappa shape index (κ1) is 17.7. The van der Waals surface area contributed by atoms with E-state index in [1.54, 1.807) is 6.07 Å². The molecule has 5 nitrogen and oxygen atoms in total. The Morgan fingerprint density at radius 1 is 1.12 bits per heavy atom. The van der Waals surface area contributed by atoms with Gasteiger partial charge >= 0.3 is 0 Å². The number of carbonyl (C=O) groups excluding carboxylic acids is 1. The lowest BCUT2D eigenvalue weighted by Crippen LogP contribution is -2.42. The van der Waals surface area contributed by atoms with Crippen molar-refractivity contribution in [2.45, 2.75) is 50.0 Å². The monoisotopic (exact) mass is 370 g/mol. The summed E-state index contributed by atoms with van der Waals surface area (Å²) in [5.41, 5.74) is 0.394. The van der Waals surface area contributed by atoms with Crippen LogP contribution in [-0.4, -0.2) is 49.2 Å². The molecule has 0 aliphatic carbocycles. The molecule has 24 heavy (non-hydrogen) atoms. The second kappa shape index (κ2) is 7.02. The zero-order valence-corrected chi connectivity index (χ0v) is 15.4. The van der Waals surface area contributed by atoms with Gasteiger partial charge in [0, 0.05) is 31.2 Å². The molecule has 1 amide bonds. The van der Waals surface area contributed by atoms with E-state index in [9.17, 15) is 13.2 Å². The van der Waals surface area contributed by atoms with Crippen molar-refractivity contribution in [3.8, 4) is 0 Å². The second-order valence-electron chi connectivity index (χ2n) is 6.60. The Hall–Kier alpha value is -1.11. The SMILES string of the molecule is C[C@H]1CCCCN1C(=O)c1ccc(Cl)c(S(=O)(=O)N2CCCC2)c1. The molecule has 0 bridgehead atoms. The molecular weight excluding hydrogens is 348 g/mol. The Balaban J connectivity index is 1.92. The first-order valence-electron chi connectivity index (χ1n) is 8.52. The van der Waals surface area contributed by atoms with Crippen molar-refractivity contribution in [3.63, 3.8) is 0 Å². The highest BCUT2D eigenvalue weighted by Gasteiger charge is 2.31. The number of amides is 1. The van der Waals surface area contributed by atoms with Crippen molar-refractivity contribution in [1.29, 1.82) is 0 Å². The van der Waals surface area contributed by atoms with Crippen molar-refractivity contribution in [1.82, 2.24) is 9.21 Å². The number of rotatable bonds is 3. The summed E-state index contributed by atoms with van der Waals surface area (Å²) in [4.78, 5) is 14.7. The summed E-state index contributed by atoms with van der Waals surface area (Å²) in [6, 6.07) is 4.77. The minimum absolute atomic E-state index is 0.0431. The molecule has 2 aliphatic heterocycles. The van der Waals surface area contributed by atoms with E-state index >= 15 is 0 Å². The van der Waals surface area contributed by atoms with Gasteiger partial charge in [0.15, 0.2) is 0 Å². The summed E-state index contributed by atoms with van der Waals surface area (Å²) in [7, 11) is -3.64. The number of sulfonamides is 1. The van der Waals surface area contributed by atoms with E-state index in [1.165, 1.54) is 16.4 Å². The lowest BCUT2D eigenvalue weighted by molar-refractivity contribution is 0.0635. The highest BCUT2D eigenvalue weighted by Crippen LogP contribution is 2.29. The molecule has 1 aromatic rings. The number of halogens is 1. The lowest BCUT2D eigenvalue weighted by Gasteiger charge is -2.33. The van der Waals surface area contributed by atoms with Crippen molar-refractivity contribution < 1.29 is 13.2 Å². The van der Waals surface area contributed by atoms with Gasteiger partial charge in [0.2, 0.25) is 10.0 Å². The quantitative estimate of drug-likeness (QED) is 0.821. The maximum atomic E-state index is 12.8. The van der Waals surface area contributed by atoms with Gasteiger partial charge in [-0.1, -0.05) is 11.6 Å². The fraction of sp³-hybridized carbons (Fsp3) is 0.588. The summed E-state index contributed by atoms with van der Waals surface area (Å²) in [6.07, 6.45) is 4.82. The van der Waals surface area contributed by atoms with Crippen LogP contribution in [0.5, 0.6) is 0 Å². The highest BCUT2D eigenvalue weighted by atomic mass is 35.5. The molecule has 2 heterocycles. The molecule has 0 spiro atoms. The predicted molar refractivity (Wildman–Crippen MR) is 93.8 cm³/mol. The number of hydrogen-bond donors (Lipinski definition) is 0. The second-order valence-corrected chi connectivity index (χ2v) is 8.91. The molecule has 7 heteroatoms. The van der Waals surface area contributed by atoms with Crippen molar-refractivity contribution in [3.05, 3.63) is 28.8 Å². The van der Waals surface area contributed by atoms with Gasteiger partial charge in [0.25, 0.3) is 5.91 Å². The van der Waals surface area contributed by atoms with Crippen LogP contribution in [0.2, 0.25) is 5.02 Å². The molecule has 0 saturated carbocycles. The number of carbonyl (C=O) groups is 1. The van der Waals surface area contributed by atoms with Crippen LogP contribution in [0.25, 0.3) is 0 Å². The van der Waals surface area contributed by atoms with Crippen LogP contribution >= 0.6 is 11.6 Å². The lowest BCUT2D eigenvalue weighted by atomic mass is 10.0. The van der Waals surface area contributed by atoms with Crippen LogP contribution in [0.4, 0.5) is 0 Å². The molecule has 2 fully saturated rings. The molecule has 3 rings (SSSR count). The number of likely N-dealkylation sites (tertiary alicyclic amines) is 1. The Bertz CT molecular complexity index is 729. The minimum Gasteiger partial charge on any atom is -0.336 e. The van der Waals surface area contributed by atoms with Crippen LogP contribution in [-0.2, 0) is 10.0 Å². The van der Waals surface area contributed by atoms with Crippen molar-refractivity contribution >= 4 is 27.5 Å². The van der Waals surface area contributed by atoms with Gasteiger partial charge in [-0.15, -0.1) is 0 Å². The molecule has 0 N–H and O–H groups in total. The van der Waals surface area contributed by atoms with E-state index in [0.29, 0.717) is 18.7 Å². The Labute approximate surface area is 148 Å². The normalized spacial score (nSPS) is 22.8. The van der Waals surface area contributed by atoms with Crippen LogP contribution in [0.1, 0.15) is 49.4 Å². The first-order chi connectivity index (χ1) is 11.4. The molecule has 0 unspecified atom stereocenters. The topological polar surface area (TPSA) is 57.7 Å². The largest absolute Gasteiger partial charge is 0.336 e. The molecule has 0 radical (unpaired) electrons. The summed E-state index contributed by atoms with van der Waals surface area (Å²) in [5, 5.41) is 0.171. The molecule has 2 saturated heterocycles. The molecule has 2 aliphatic rings. The standard InChI is InChI=1S/C17H23ClN2O3S/c1-13-6-2-3-11-20(13)17(21)14-7-8-15(18)16(12-14)24(22,23)19-9-4-5-10-19/h7-8,12-13H,2-6,9-11H2,1H3/t13-/m0/s1. The third kappa shape index (κ3) is 3.32. The van der Waals surface area contributed by atoms with E-state index in [2.05, 4.69) is 0 Å². The van der Waals surface area contributed by atoms with Gasteiger partial charge in [-0.2, -0.15) is 4.31 Å². The van der Waals surface area contributed by atoms with Crippen molar-refractivity contribution in [2.24, 2.45) is 0 Å². The van der Waals surface area contributed by atoms with Gasteiger partial charge in [-0.05, 0) is 57.2 Å². The number of hydrogen-bond acceptors (Lipinski definition) is 3. The third-order valence-electron chi connectivity index (χ3n) is 4.92. The van der Waals surface area contributed by atoms with Crippen LogP contribution in [0.3, 0.4) is 0 Å². The van der Waals surface area contributed by atoms with E-state index in [1.807, 2.05) is 11.8 Å². The average molecular weight is 371 g/mol. The molecule has 1 aromatic carbocycles. The molecular formula is C17H23ClN2O3S. The minimum atomic E-state index is -3.64. The zero-order valence-electron chi connectivity index (χ0n) is 13.9.